The molecule has 56 valence electrons. The molecule has 0 amide bonds. The highest BCUT2D eigenvalue weighted by Crippen LogP contribution is 1.93. The van der Waals surface area contributed by atoms with E-state index in [-0.39, 0.29) is 0 Å². The Labute approximate surface area is 59.9 Å². The first-order chi connectivity index (χ1) is 4.70. The van der Waals surface area contributed by atoms with Crippen LogP contribution in [0.1, 0.15) is 6.92 Å². The molecule has 0 aromatic carbocycles. The van der Waals surface area contributed by atoms with E-state index in [0.29, 0.717) is 0 Å². The van der Waals surface area contributed by atoms with Gasteiger partial charge in [-0.1, -0.05) is 12.7 Å². The molecule has 0 spiro atoms. The van der Waals surface area contributed by atoms with Crippen LogP contribution in [0, 0.1) is 0 Å². The van der Waals surface area contributed by atoms with Crippen LogP contribution < -0.4 is 0 Å². The van der Waals surface area contributed by atoms with Crippen molar-refractivity contribution in [1.29, 1.82) is 0 Å². The van der Waals surface area contributed by atoms with Crippen molar-refractivity contribution in [3.8, 4) is 0 Å². The Balaban J connectivity index is 3.71. The normalized spacial score (nSPS) is 10.4. The van der Waals surface area contributed by atoms with Crippen LogP contribution in [-0.2, 0) is 9.47 Å². The van der Waals surface area contributed by atoms with E-state index in [9.17, 15) is 4.79 Å². The lowest BCUT2D eigenvalue weighted by Crippen LogP contribution is -1.98. The fraction of sp³-hybridized carbons (Fsp3) is 0.286. The maximum Gasteiger partial charge on any atom is 0.512 e. The van der Waals surface area contributed by atoms with Gasteiger partial charge in [-0.25, -0.2) is 4.79 Å². The van der Waals surface area contributed by atoms with Crippen LogP contribution in [0.2, 0.25) is 0 Å². The van der Waals surface area contributed by atoms with Crippen LogP contribution in [0.15, 0.2) is 24.5 Å². The van der Waals surface area contributed by atoms with Gasteiger partial charge in [0.1, 0.15) is 6.26 Å². The second-order valence-corrected chi connectivity index (χ2v) is 1.64. The third-order valence-corrected chi connectivity index (χ3v) is 0.830. The van der Waals surface area contributed by atoms with Crippen LogP contribution in [0.3, 0.4) is 0 Å². The molecule has 3 heteroatoms. The van der Waals surface area contributed by atoms with E-state index in [2.05, 4.69) is 16.1 Å². The van der Waals surface area contributed by atoms with Crippen molar-refractivity contribution < 1.29 is 14.3 Å². The maximum atomic E-state index is 10.3. The Morgan fingerprint density at radius 2 is 2.20 bits per heavy atom. The molecule has 0 aliphatic rings. The lowest BCUT2D eigenvalue weighted by Gasteiger charge is -1.95. The summed E-state index contributed by atoms with van der Waals surface area (Å²) in [5.74, 6) is 0. The average Bonchev–Trinajstić information content (AvgIpc) is 1.99. The van der Waals surface area contributed by atoms with Gasteiger partial charge in [0.25, 0.3) is 0 Å². The molecule has 10 heavy (non-hydrogen) atoms. The van der Waals surface area contributed by atoms with Gasteiger partial charge >= 0.3 is 6.16 Å². The molecule has 0 aliphatic carbocycles. The molecule has 0 radical (unpaired) electrons. The number of ether oxygens (including phenoxy) is 2. The quantitative estimate of drug-likeness (QED) is 0.335. The molecule has 0 saturated heterocycles. The van der Waals surface area contributed by atoms with Crippen molar-refractivity contribution in [2.75, 3.05) is 7.11 Å². The minimum atomic E-state index is -0.721. The first-order valence-corrected chi connectivity index (χ1v) is 2.74. The van der Waals surface area contributed by atoms with Crippen molar-refractivity contribution in [2.45, 2.75) is 6.92 Å². The van der Waals surface area contributed by atoms with Gasteiger partial charge in [-0.05, 0) is 12.5 Å². The number of allylic oxidation sites excluding steroid dienone is 2. The van der Waals surface area contributed by atoms with Crippen molar-refractivity contribution in [1.82, 2.24) is 0 Å². The molecule has 0 atom stereocenters. The van der Waals surface area contributed by atoms with E-state index < -0.39 is 6.16 Å². The topological polar surface area (TPSA) is 35.5 Å². The molecular formula is C7H10O3. The highest BCUT2D eigenvalue weighted by Gasteiger charge is 1.94. The Bertz CT molecular complexity index is 158. The third kappa shape index (κ3) is 3.72. The third-order valence-electron chi connectivity index (χ3n) is 0.830. The Morgan fingerprint density at radius 3 is 2.60 bits per heavy atom. The smallest absolute Gasteiger partial charge is 0.437 e. The van der Waals surface area contributed by atoms with Crippen LogP contribution in [0.5, 0.6) is 0 Å². The molecule has 0 aromatic heterocycles. The summed E-state index contributed by atoms with van der Waals surface area (Å²) < 4.78 is 8.65. The summed E-state index contributed by atoms with van der Waals surface area (Å²) in [7, 11) is 1.25. The second-order valence-electron chi connectivity index (χ2n) is 1.64. The summed E-state index contributed by atoms with van der Waals surface area (Å²) in [5.41, 5.74) is 0.769. The minimum absolute atomic E-state index is 0.721. The van der Waals surface area contributed by atoms with Gasteiger partial charge in [0.05, 0.1) is 7.11 Å². The van der Waals surface area contributed by atoms with Crippen molar-refractivity contribution in [3.05, 3.63) is 24.5 Å². The van der Waals surface area contributed by atoms with Gasteiger partial charge in [0, 0.05) is 0 Å². The van der Waals surface area contributed by atoms with Crippen LogP contribution in [-0.4, -0.2) is 13.3 Å². The molecule has 0 aliphatic heterocycles. The number of carbonyl (C=O) groups is 1. The van der Waals surface area contributed by atoms with Gasteiger partial charge in [-0.15, -0.1) is 0 Å². The number of rotatable bonds is 2. The lowest BCUT2D eigenvalue weighted by atomic mass is 10.3. The Hall–Kier alpha value is -1.25. The monoisotopic (exact) mass is 142 g/mol. The molecule has 0 unspecified atom stereocenters. The summed E-state index contributed by atoms with van der Waals surface area (Å²) in [6, 6.07) is 0. The largest absolute Gasteiger partial charge is 0.512 e. The van der Waals surface area contributed by atoms with E-state index in [4.69, 9.17) is 0 Å². The molecule has 0 fully saturated rings. The van der Waals surface area contributed by atoms with Gasteiger partial charge in [-0.3, -0.25) is 0 Å². The predicted octanol–water partition coefficient (Wildman–Crippen LogP) is 1.86. The fourth-order valence-electron chi connectivity index (χ4n) is 0.237. The highest BCUT2D eigenvalue weighted by atomic mass is 16.7. The molecule has 0 N–H and O–H groups in total. The van der Waals surface area contributed by atoms with E-state index >= 15 is 0 Å². The fourth-order valence-corrected chi connectivity index (χ4v) is 0.237. The molecule has 0 heterocycles. The summed E-state index contributed by atoms with van der Waals surface area (Å²) in [5, 5.41) is 0. The van der Waals surface area contributed by atoms with E-state index in [1.807, 2.05) is 0 Å². The number of hydrogen-bond donors (Lipinski definition) is 0. The van der Waals surface area contributed by atoms with Crippen LogP contribution in [0.25, 0.3) is 0 Å². The number of methoxy groups -OCH3 is 1. The first-order valence-electron chi connectivity index (χ1n) is 2.74. The van der Waals surface area contributed by atoms with Crippen molar-refractivity contribution >= 4 is 6.16 Å². The molecule has 0 bridgehead atoms. The zero-order valence-corrected chi connectivity index (χ0v) is 6.09. The highest BCUT2D eigenvalue weighted by molar-refractivity contribution is 5.60. The SMILES string of the molecule is C=C/C(C)=C/OC(=O)OC. The molecule has 0 aromatic rings. The summed E-state index contributed by atoms with van der Waals surface area (Å²) in [6.45, 7) is 5.22. The predicted molar refractivity (Wildman–Crippen MR) is 37.4 cm³/mol. The second kappa shape index (κ2) is 4.61. The van der Waals surface area contributed by atoms with E-state index in [1.165, 1.54) is 13.4 Å². The number of carbonyl (C=O) groups excluding carboxylic acids is 1. The van der Waals surface area contributed by atoms with Gasteiger partial charge in [0.2, 0.25) is 0 Å². The summed E-state index contributed by atoms with van der Waals surface area (Å²) >= 11 is 0. The van der Waals surface area contributed by atoms with Crippen LogP contribution >= 0.6 is 0 Å². The maximum absolute atomic E-state index is 10.3. The van der Waals surface area contributed by atoms with E-state index in [1.54, 1.807) is 13.0 Å². The zero-order chi connectivity index (χ0) is 7.98. The number of hydrogen-bond acceptors (Lipinski definition) is 3. The summed E-state index contributed by atoms with van der Waals surface area (Å²) in [6.07, 6.45) is 2.13. The molecule has 3 nitrogen and oxygen atoms in total. The zero-order valence-electron chi connectivity index (χ0n) is 6.09. The first kappa shape index (κ1) is 8.75. The van der Waals surface area contributed by atoms with Crippen molar-refractivity contribution in [3.63, 3.8) is 0 Å². The lowest BCUT2D eigenvalue weighted by molar-refractivity contribution is 0.105. The van der Waals surface area contributed by atoms with Gasteiger partial charge < -0.3 is 9.47 Å². The molecule has 0 saturated carbocycles. The Morgan fingerprint density at radius 1 is 1.60 bits per heavy atom. The standard InChI is InChI=1S/C7H10O3/c1-4-6(2)5-10-7(8)9-3/h4-5H,1H2,2-3H3/b6-5+. The minimum Gasteiger partial charge on any atom is -0.437 e. The molecule has 0 rings (SSSR count). The molecular weight excluding hydrogens is 132 g/mol. The van der Waals surface area contributed by atoms with Gasteiger partial charge in [0.15, 0.2) is 0 Å². The Kier molecular flexibility index (Phi) is 4.04. The summed E-state index contributed by atoms with van der Waals surface area (Å²) in [4.78, 5) is 10.3. The van der Waals surface area contributed by atoms with E-state index in [0.717, 1.165) is 5.57 Å². The van der Waals surface area contributed by atoms with Crippen molar-refractivity contribution in [2.24, 2.45) is 0 Å². The van der Waals surface area contributed by atoms with Gasteiger partial charge in [-0.2, -0.15) is 0 Å². The van der Waals surface area contributed by atoms with Crippen LogP contribution in [0.4, 0.5) is 4.79 Å². The average molecular weight is 142 g/mol.